The molecule has 0 fully saturated rings. The molecule has 0 N–H and O–H groups in total. The molecule has 0 spiro atoms. The van der Waals surface area contributed by atoms with Crippen LogP contribution < -0.4 is 4.90 Å². The van der Waals surface area contributed by atoms with Gasteiger partial charge in [-0.15, -0.1) is 0 Å². The average Bonchev–Trinajstić information content (AvgIpc) is 3.52. The van der Waals surface area contributed by atoms with Crippen LogP contribution in [0.1, 0.15) is 0 Å². The molecule has 9 rings (SSSR count). The van der Waals surface area contributed by atoms with Gasteiger partial charge in [0.2, 0.25) is 0 Å². The molecule has 0 aliphatic heterocycles. The van der Waals surface area contributed by atoms with E-state index in [9.17, 15) is 0 Å². The molecule has 0 aliphatic carbocycles. The lowest BCUT2D eigenvalue weighted by Crippen LogP contribution is -2.10. The fourth-order valence-electron chi connectivity index (χ4n) is 6.79. The van der Waals surface area contributed by atoms with Crippen LogP contribution in [0.25, 0.3) is 66.1 Å². The summed E-state index contributed by atoms with van der Waals surface area (Å²) in [6, 6.07) is 67.0. The molecule has 0 bridgehead atoms. The lowest BCUT2D eigenvalue weighted by Gasteiger charge is -2.26. The monoisotopic (exact) mass is 613 g/mol. The van der Waals surface area contributed by atoms with Gasteiger partial charge in [0, 0.05) is 27.8 Å². The van der Waals surface area contributed by atoms with E-state index in [1.54, 1.807) is 0 Å². The molecule has 226 valence electrons. The summed E-state index contributed by atoms with van der Waals surface area (Å²) < 4.78 is 6.27. The van der Waals surface area contributed by atoms with Crippen LogP contribution in [-0.4, -0.2) is 0 Å². The number of benzene rings is 8. The normalized spacial score (nSPS) is 11.3. The molecule has 0 saturated carbocycles. The molecule has 2 heteroatoms. The van der Waals surface area contributed by atoms with Gasteiger partial charge >= 0.3 is 0 Å². The molecular weight excluding hydrogens is 583 g/mol. The minimum Gasteiger partial charge on any atom is -0.456 e. The van der Waals surface area contributed by atoms with Crippen molar-refractivity contribution in [2.45, 2.75) is 0 Å². The van der Waals surface area contributed by atoms with Crippen molar-refractivity contribution < 1.29 is 4.42 Å². The van der Waals surface area contributed by atoms with Crippen molar-refractivity contribution in [1.82, 2.24) is 0 Å². The van der Waals surface area contributed by atoms with Gasteiger partial charge in [0.05, 0.1) is 0 Å². The Morgan fingerprint density at radius 1 is 0.292 bits per heavy atom. The van der Waals surface area contributed by atoms with Gasteiger partial charge in [-0.2, -0.15) is 0 Å². The number of furan rings is 1. The third-order valence-corrected chi connectivity index (χ3v) is 9.24. The Balaban J connectivity index is 1.13. The third kappa shape index (κ3) is 5.10. The second-order valence-corrected chi connectivity index (χ2v) is 12.2. The minimum atomic E-state index is 0.904. The van der Waals surface area contributed by atoms with Gasteiger partial charge in [0.1, 0.15) is 11.2 Å². The van der Waals surface area contributed by atoms with E-state index in [2.05, 4.69) is 181 Å². The Kier molecular flexibility index (Phi) is 6.84. The van der Waals surface area contributed by atoms with E-state index in [1.807, 2.05) is 12.1 Å². The van der Waals surface area contributed by atoms with Crippen molar-refractivity contribution in [3.8, 4) is 33.4 Å². The molecule has 8 aromatic carbocycles. The zero-order valence-electron chi connectivity index (χ0n) is 26.3. The maximum absolute atomic E-state index is 6.27. The molecule has 1 aromatic heterocycles. The maximum atomic E-state index is 6.27. The van der Waals surface area contributed by atoms with E-state index in [-0.39, 0.29) is 0 Å². The molecule has 0 atom stereocenters. The summed E-state index contributed by atoms with van der Waals surface area (Å²) in [5.41, 5.74) is 12.3. The zero-order chi connectivity index (χ0) is 31.9. The van der Waals surface area contributed by atoms with Gasteiger partial charge in [0.15, 0.2) is 0 Å². The number of rotatable bonds is 6. The van der Waals surface area contributed by atoms with Crippen LogP contribution >= 0.6 is 0 Å². The van der Waals surface area contributed by atoms with E-state index in [1.165, 1.54) is 38.8 Å². The molecule has 48 heavy (non-hydrogen) atoms. The average molecular weight is 614 g/mol. The lowest BCUT2D eigenvalue weighted by molar-refractivity contribution is 0.669. The highest BCUT2D eigenvalue weighted by Gasteiger charge is 2.16. The van der Waals surface area contributed by atoms with Gasteiger partial charge < -0.3 is 9.32 Å². The van der Waals surface area contributed by atoms with Crippen LogP contribution in [0.3, 0.4) is 0 Å². The van der Waals surface area contributed by atoms with Crippen LogP contribution in [0.15, 0.2) is 192 Å². The van der Waals surface area contributed by atoms with Crippen molar-refractivity contribution in [3.05, 3.63) is 188 Å². The van der Waals surface area contributed by atoms with Gasteiger partial charge in [-0.1, -0.05) is 133 Å². The van der Waals surface area contributed by atoms with Crippen molar-refractivity contribution in [3.63, 3.8) is 0 Å². The number of nitrogens with zero attached hydrogens (tertiary/aromatic N) is 1. The van der Waals surface area contributed by atoms with Crippen molar-refractivity contribution in [1.29, 1.82) is 0 Å². The topological polar surface area (TPSA) is 16.4 Å². The van der Waals surface area contributed by atoms with Crippen molar-refractivity contribution in [2.24, 2.45) is 0 Å². The summed E-state index contributed by atoms with van der Waals surface area (Å²) in [6.45, 7) is 0. The Bertz CT molecular complexity index is 2530. The highest BCUT2D eigenvalue weighted by molar-refractivity contribution is 6.10. The first kappa shape index (κ1) is 27.9. The third-order valence-electron chi connectivity index (χ3n) is 9.24. The van der Waals surface area contributed by atoms with Crippen LogP contribution in [0.2, 0.25) is 0 Å². The fraction of sp³-hybridized carbons (Fsp3) is 0. The molecule has 9 aromatic rings. The Hall–Kier alpha value is -6.38. The van der Waals surface area contributed by atoms with Crippen LogP contribution in [0, 0.1) is 0 Å². The molecule has 1 heterocycles. The SMILES string of the molecule is c1ccc(-c2ccc(-c3ccc(N(c4cccc(-c5ccccc5)c4)c4ccc5cc6c(cc5c4)oc4ccccc46)cc3)cc2)cc1. The van der Waals surface area contributed by atoms with E-state index in [0.29, 0.717) is 0 Å². The highest BCUT2D eigenvalue weighted by atomic mass is 16.3. The largest absolute Gasteiger partial charge is 0.456 e. The molecule has 0 amide bonds. The van der Waals surface area contributed by atoms with Gasteiger partial charge in [-0.3, -0.25) is 0 Å². The molecule has 0 radical (unpaired) electrons. The zero-order valence-corrected chi connectivity index (χ0v) is 26.3. The molecular formula is C46H31NO. The number of hydrogen-bond acceptors (Lipinski definition) is 2. The van der Waals surface area contributed by atoms with Gasteiger partial charge in [-0.05, 0) is 98.8 Å². The lowest BCUT2D eigenvalue weighted by atomic mass is 10.00. The van der Waals surface area contributed by atoms with Crippen molar-refractivity contribution in [2.75, 3.05) is 4.90 Å². The molecule has 0 aliphatic rings. The van der Waals surface area contributed by atoms with E-state index in [0.717, 1.165) is 44.4 Å². The van der Waals surface area contributed by atoms with Gasteiger partial charge in [-0.25, -0.2) is 0 Å². The maximum Gasteiger partial charge on any atom is 0.136 e. The van der Waals surface area contributed by atoms with Crippen molar-refractivity contribution >= 4 is 49.8 Å². The second kappa shape index (κ2) is 11.8. The Morgan fingerprint density at radius 2 is 0.833 bits per heavy atom. The van der Waals surface area contributed by atoms with Gasteiger partial charge in [0.25, 0.3) is 0 Å². The summed E-state index contributed by atoms with van der Waals surface area (Å²) >= 11 is 0. The summed E-state index contributed by atoms with van der Waals surface area (Å²) in [6.07, 6.45) is 0. The first-order valence-corrected chi connectivity index (χ1v) is 16.3. The predicted octanol–water partition coefficient (Wildman–Crippen LogP) is 13.2. The van der Waals surface area contributed by atoms with E-state index in [4.69, 9.17) is 4.42 Å². The second-order valence-electron chi connectivity index (χ2n) is 12.2. The summed E-state index contributed by atoms with van der Waals surface area (Å²) in [5.74, 6) is 0. The highest BCUT2D eigenvalue weighted by Crippen LogP contribution is 2.40. The summed E-state index contributed by atoms with van der Waals surface area (Å²) in [4.78, 5) is 2.34. The molecule has 0 saturated heterocycles. The first-order chi connectivity index (χ1) is 23.8. The van der Waals surface area contributed by atoms with Crippen LogP contribution in [0.4, 0.5) is 17.1 Å². The smallest absolute Gasteiger partial charge is 0.136 e. The Labute approximate surface area is 279 Å². The quantitative estimate of drug-likeness (QED) is 0.185. The number of hydrogen-bond donors (Lipinski definition) is 0. The summed E-state index contributed by atoms with van der Waals surface area (Å²) in [7, 11) is 0. The number of anilines is 3. The number of fused-ring (bicyclic) bond motifs is 4. The van der Waals surface area contributed by atoms with Crippen LogP contribution in [-0.2, 0) is 0 Å². The number of para-hydroxylation sites is 1. The van der Waals surface area contributed by atoms with Crippen LogP contribution in [0.5, 0.6) is 0 Å². The Morgan fingerprint density at radius 3 is 1.54 bits per heavy atom. The summed E-state index contributed by atoms with van der Waals surface area (Å²) in [5, 5.41) is 4.61. The minimum absolute atomic E-state index is 0.904. The van der Waals surface area contributed by atoms with E-state index >= 15 is 0 Å². The predicted molar refractivity (Wildman–Crippen MR) is 202 cm³/mol. The molecule has 0 unspecified atom stereocenters. The first-order valence-electron chi connectivity index (χ1n) is 16.3. The van der Waals surface area contributed by atoms with E-state index < -0.39 is 0 Å². The molecule has 2 nitrogen and oxygen atoms in total. The fourth-order valence-corrected chi connectivity index (χ4v) is 6.79. The standard InChI is InChI=1S/C46H31NO/c1-3-10-32(11-4-1)34-18-20-35(21-19-34)36-22-25-40(26-23-36)47(41-15-9-14-37(28-41)33-12-5-2-6-13-33)42-27-24-38-30-44-43-16-7-8-17-45(43)48-46(44)31-39(38)29-42/h1-31H.